The van der Waals surface area contributed by atoms with Gasteiger partial charge in [-0.1, -0.05) is 50.6 Å². The Morgan fingerprint density at radius 1 is 0.909 bits per heavy atom. The lowest BCUT2D eigenvalue weighted by molar-refractivity contribution is -0.0250. The summed E-state index contributed by atoms with van der Waals surface area (Å²) >= 11 is 0. The fraction of sp³-hybridized carbons (Fsp3) is 0.882. The molecule has 5 nitrogen and oxygen atoms in total. The van der Waals surface area contributed by atoms with Gasteiger partial charge >= 0.3 is 0 Å². The van der Waals surface area contributed by atoms with Crippen LogP contribution in [0.5, 0.6) is 0 Å². The van der Waals surface area contributed by atoms with Gasteiger partial charge in [0.25, 0.3) is 0 Å². The van der Waals surface area contributed by atoms with Crippen LogP contribution in [0.4, 0.5) is 0 Å². The maximum absolute atomic E-state index is 5.47. The summed E-state index contributed by atoms with van der Waals surface area (Å²) in [5, 5.41) is 0. The largest absolute Gasteiger partial charge is 0.377 e. The van der Waals surface area contributed by atoms with Gasteiger partial charge < -0.3 is 15.2 Å². The molecule has 0 aliphatic heterocycles. The molecule has 0 radical (unpaired) electrons. The molecule has 22 heavy (non-hydrogen) atoms. The molecule has 0 fully saturated rings. The summed E-state index contributed by atoms with van der Waals surface area (Å²) in [4.78, 5) is 4.51. The molecular formula is C17H50N2O3. The molecule has 0 rings (SSSR count). The fourth-order valence-corrected chi connectivity index (χ4v) is 0.676. The van der Waals surface area contributed by atoms with E-state index in [9.17, 15) is 0 Å². The van der Waals surface area contributed by atoms with Gasteiger partial charge in [-0.15, -0.1) is 6.58 Å². The van der Waals surface area contributed by atoms with E-state index in [0.717, 1.165) is 0 Å². The standard InChI is InChI=1S/C8H20N2O3.C3H6.6CH4/c1-7(9)5-11-3-4-12-6-8(2)13-10;1-3-2;;;;;;/h7-8H,3-6,9-10H2,1-2H3;3H,1H2,2H3;6*1H4. The minimum atomic E-state index is -0.0755. The molecule has 0 aliphatic carbocycles. The molecule has 0 aliphatic rings. The summed E-state index contributed by atoms with van der Waals surface area (Å²) < 4.78 is 10.4. The van der Waals surface area contributed by atoms with Gasteiger partial charge in [0.05, 0.1) is 32.5 Å². The smallest absolute Gasteiger partial charge is 0.0992 e. The molecule has 2 atom stereocenters. The van der Waals surface area contributed by atoms with Crippen LogP contribution in [0.15, 0.2) is 12.7 Å². The van der Waals surface area contributed by atoms with Gasteiger partial charge in [0.1, 0.15) is 0 Å². The summed E-state index contributed by atoms with van der Waals surface area (Å²) in [5.74, 6) is 4.92. The number of allylic oxidation sites excluding steroid dienone is 1. The van der Waals surface area contributed by atoms with Gasteiger partial charge in [-0.25, -0.2) is 5.90 Å². The minimum absolute atomic E-state index is 0. The van der Waals surface area contributed by atoms with Crippen LogP contribution in [0.25, 0.3) is 0 Å². The summed E-state index contributed by atoms with van der Waals surface area (Å²) in [7, 11) is 0. The second-order valence-electron chi connectivity index (χ2n) is 3.48. The molecule has 0 aromatic rings. The summed E-state index contributed by atoms with van der Waals surface area (Å²) in [5.41, 5.74) is 5.47. The SMILES string of the molecule is C.C.C.C.C.C.C=CC.CC(N)COCCOCC(C)ON. The van der Waals surface area contributed by atoms with Crippen LogP contribution in [-0.4, -0.2) is 38.6 Å². The van der Waals surface area contributed by atoms with Gasteiger partial charge in [0.2, 0.25) is 0 Å². The highest BCUT2D eigenvalue weighted by Crippen LogP contribution is 1.87. The Morgan fingerprint density at radius 3 is 1.50 bits per heavy atom. The molecule has 0 saturated heterocycles. The van der Waals surface area contributed by atoms with Crippen LogP contribution in [0.2, 0.25) is 0 Å². The zero-order valence-electron chi connectivity index (χ0n) is 10.6. The lowest BCUT2D eigenvalue weighted by Crippen LogP contribution is -2.24. The van der Waals surface area contributed by atoms with E-state index < -0.39 is 0 Å². The molecule has 0 heterocycles. The van der Waals surface area contributed by atoms with Gasteiger partial charge in [-0.3, -0.25) is 4.84 Å². The topological polar surface area (TPSA) is 79.7 Å². The molecule has 0 saturated carbocycles. The summed E-state index contributed by atoms with van der Waals surface area (Å²) in [6, 6.07) is 0.0753. The molecule has 0 aromatic heterocycles. The molecule has 4 N–H and O–H groups in total. The van der Waals surface area contributed by atoms with Gasteiger partial charge in [0.15, 0.2) is 0 Å². The number of ether oxygens (including phenoxy) is 2. The Bertz CT molecular complexity index is 146. The second kappa shape index (κ2) is 42.8. The van der Waals surface area contributed by atoms with E-state index in [1.54, 1.807) is 6.08 Å². The lowest BCUT2D eigenvalue weighted by atomic mass is 10.4. The van der Waals surface area contributed by atoms with Crippen LogP contribution < -0.4 is 11.6 Å². The monoisotopic (exact) mass is 330 g/mol. The molecule has 146 valence electrons. The summed E-state index contributed by atoms with van der Waals surface area (Å²) in [6.07, 6.45) is 1.67. The number of rotatable bonds is 8. The third-order valence-corrected chi connectivity index (χ3v) is 1.34. The Morgan fingerprint density at radius 2 is 1.23 bits per heavy atom. The first-order chi connectivity index (χ1) is 7.58. The highest BCUT2D eigenvalue weighted by molar-refractivity contribution is 4.51. The normalized spacial score (nSPS) is 9.86. The first-order valence-corrected chi connectivity index (χ1v) is 5.42. The molecule has 0 spiro atoms. The van der Waals surface area contributed by atoms with E-state index in [0.29, 0.717) is 26.4 Å². The third kappa shape index (κ3) is 60.5. The molecule has 2 unspecified atom stereocenters. The molecule has 0 bridgehead atoms. The third-order valence-electron chi connectivity index (χ3n) is 1.34. The highest BCUT2D eigenvalue weighted by Gasteiger charge is 1.99. The van der Waals surface area contributed by atoms with Crippen molar-refractivity contribution in [1.82, 2.24) is 0 Å². The molecular weight excluding hydrogens is 280 g/mol. The van der Waals surface area contributed by atoms with E-state index >= 15 is 0 Å². The van der Waals surface area contributed by atoms with Crippen molar-refractivity contribution < 1.29 is 14.3 Å². The van der Waals surface area contributed by atoms with E-state index in [4.69, 9.17) is 21.1 Å². The van der Waals surface area contributed by atoms with Gasteiger partial charge in [0, 0.05) is 6.04 Å². The van der Waals surface area contributed by atoms with Crippen LogP contribution in [-0.2, 0) is 14.3 Å². The zero-order chi connectivity index (χ0) is 12.8. The van der Waals surface area contributed by atoms with Crippen LogP contribution >= 0.6 is 0 Å². The van der Waals surface area contributed by atoms with E-state index in [1.807, 2.05) is 20.8 Å². The lowest BCUT2D eigenvalue weighted by Gasteiger charge is -2.10. The van der Waals surface area contributed by atoms with E-state index in [2.05, 4.69) is 11.4 Å². The van der Waals surface area contributed by atoms with Crippen LogP contribution in [0, 0.1) is 0 Å². The van der Waals surface area contributed by atoms with Crippen molar-refractivity contribution in [3.63, 3.8) is 0 Å². The van der Waals surface area contributed by atoms with Crippen LogP contribution in [0.3, 0.4) is 0 Å². The van der Waals surface area contributed by atoms with Crippen molar-refractivity contribution in [2.75, 3.05) is 26.4 Å². The quantitative estimate of drug-likeness (QED) is 0.384. The maximum Gasteiger partial charge on any atom is 0.0992 e. The van der Waals surface area contributed by atoms with Crippen molar-refractivity contribution in [1.29, 1.82) is 0 Å². The molecule has 0 aromatic carbocycles. The van der Waals surface area contributed by atoms with Crippen molar-refractivity contribution in [3.05, 3.63) is 12.7 Å². The average molecular weight is 331 g/mol. The van der Waals surface area contributed by atoms with Crippen molar-refractivity contribution >= 4 is 0 Å². The zero-order valence-corrected chi connectivity index (χ0v) is 10.6. The van der Waals surface area contributed by atoms with E-state index in [-0.39, 0.29) is 56.7 Å². The minimum Gasteiger partial charge on any atom is -0.377 e. The van der Waals surface area contributed by atoms with Gasteiger partial charge in [-0.05, 0) is 20.8 Å². The average Bonchev–Trinajstić information content (AvgIpc) is 2.23. The Hall–Kier alpha value is -0.460. The van der Waals surface area contributed by atoms with Crippen molar-refractivity contribution in [2.45, 2.75) is 77.5 Å². The van der Waals surface area contributed by atoms with Gasteiger partial charge in [-0.2, -0.15) is 0 Å². The highest BCUT2D eigenvalue weighted by atomic mass is 16.6. The number of hydrogen-bond acceptors (Lipinski definition) is 5. The number of nitrogens with two attached hydrogens (primary N) is 2. The molecule has 0 amide bonds. The van der Waals surface area contributed by atoms with Crippen LogP contribution in [0.1, 0.15) is 65.3 Å². The Kier molecular flexibility index (Phi) is 96.4. The maximum atomic E-state index is 5.47. The second-order valence-corrected chi connectivity index (χ2v) is 3.48. The first kappa shape index (κ1) is 49.6. The predicted octanol–water partition coefficient (Wildman–Crippen LogP) is 4.65. The number of hydrogen-bond donors (Lipinski definition) is 2. The van der Waals surface area contributed by atoms with Crippen molar-refractivity contribution in [2.24, 2.45) is 11.6 Å². The predicted molar refractivity (Wildman–Crippen MR) is 106 cm³/mol. The Balaban J connectivity index is -0.0000000336. The first-order valence-electron chi connectivity index (χ1n) is 5.42. The Labute approximate surface area is 143 Å². The molecule has 5 heteroatoms. The van der Waals surface area contributed by atoms with E-state index in [1.165, 1.54) is 0 Å². The van der Waals surface area contributed by atoms with Crippen molar-refractivity contribution in [3.8, 4) is 0 Å². The fourth-order valence-electron chi connectivity index (χ4n) is 0.676. The summed E-state index contributed by atoms with van der Waals surface area (Å²) in [6.45, 7) is 11.1.